The number of aliphatic imine (C=N–C) groups is 1. The number of morpholine rings is 1. The fourth-order valence-corrected chi connectivity index (χ4v) is 3.38. The molecule has 0 spiro atoms. The van der Waals surface area contributed by atoms with Crippen LogP contribution in [0.15, 0.2) is 40.5 Å². The quantitative estimate of drug-likeness (QED) is 0.414. The average Bonchev–Trinajstić information content (AvgIpc) is 3.25. The molecule has 1 aromatic rings. The van der Waals surface area contributed by atoms with Crippen LogP contribution in [-0.4, -0.2) is 98.7 Å². The number of amides is 1. The van der Waals surface area contributed by atoms with Crippen molar-refractivity contribution in [3.05, 3.63) is 36.8 Å². The monoisotopic (exact) mass is 389 g/mol. The Hall–Kier alpha value is -2.32. The van der Waals surface area contributed by atoms with Crippen LogP contribution in [0.2, 0.25) is 0 Å². The van der Waals surface area contributed by atoms with Crippen LogP contribution in [0.3, 0.4) is 0 Å². The van der Waals surface area contributed by atoms with Crippen molar-refractivity contribution in [1.82, 2.24) is 20.0 Å². The number of nitrogens with zero attached hydrogens (tertiary/aromatic N) is 4. The summed E-state index contributed by atoms with van der Waals surface area (Å²) >= 11 is 0. The number of nitrogens with one attached hydrogen (secondary N) is 1. The maximum absolute atomic E-state index is 12.4. The smallest absolute Gasteiger partial charge is 0.236 e. The summed E-state index contributed by atoms with van der Waals surface area (Å²) in [5.41, 5.74) is 0. The number of carbonyl (C=O) groups is 1. The lowest BCUT2D eigenvalue weighted by Gasteiger charge is -2.37. The minimum absolute atomic E-state index is 0.203. The Morgan fingerprint density at radius 1 is 1.18 bits per heavy atom. The van der Waals surface area contributed by atoms with E-state index in [9.17, 15) is 4.79 Å². The average molecular weight is 390 g/mol. The zero-order chi connectivity index (χ0) is 19.6. The molecule has 2 aliphatic heterocycles. The number of piperazine rings is 1. The van der Waals surface area contributed by atoms with E-state index in [0.29, 0.717) is 45.9 Å². The standard InChI is InChI=1S/C20H31N5O3/c1-2-6-21-20(22-7-5-18-4-3-14-28-18)25-10-8-23(9-11-25)17-19(26)24-12-15-27-16-13-24/h2-4,14H,1,5-13,15-17H2,(H,21,22). The first-order valence-corrected chi connectivity index (χ1v) is 10.0. The van der Waals surface area contributed by atoms with E-state index in [1.54, 1.807) is 6.26 Å². The Bertz CT molecular complexity index is 632. The molecule has 0 radical (unpaired) electrons. The fraction of sp³-hybridized carbons (Fsp3) is 0.600. The molecule has 0 bridgehead atoms. The van der Waals surface area contributed by atoms with Crippen LogP contribution >= 0.6 is 0 Å². The van der Waals surface area contributed by atoms with Gasteiger partial charge in [0.2, 0.25) is 5.91 Å². The normalized spacial score (nSPS) is 18.9. The van der Waals surface area contributed by atoms with Crippen molar-refractivity contribution >= 4 is 11.9 Å². The molecule has 1 N–H and O–H groups in total. The molecular formula is C20H31N5O3. The summed E-state index contributed by atoms with van der Waals surface area (Å²) in [6.07, 6.45) is 4.30. The molecule has 0 unspecified atom stereocenters. The van der Waals surface area contributed by atoms with Gasteiger partial charge >= 0.3 is 0 Å². The van der Waals surface area contributed by atoms with Crippen LogP contribution in [0.5, 0.6) is 0 Å². The van der Waals surface area contributed by atoms with Gasteiger partial charge in [0.15, 0.2) is 5.96 Å². The van der Waals surface area contributed by atoms with Gasteiger partial charge in [-0.1, -0.05) is 6.08 Å². The van der Waals surface area contributed by atoms with Crippen LogP contribution in [0, 0.1) is 0 Å². The minimum Gasteiger partial charge on any atom is -0.469 e. The predicted molar refractivity (Wildman–Crippen MR) is 108 cm³/mol. The topological polar surface area (TPSA) is 73.6 Å². The molecule has 1 aromatic heterocycles. The van der Waals surface area contributed by atoms with Gasteiger partial charge in [-0.3, -0.25) is 14.7 Å². The minimum atomic E-state index is 0.203. The molecule has 0 aromatic carbocycles. The largest absolute Gasteiger partial charge is 0.469 e. The highest BCUT2D eigenvalue weighted by molar-refractivity contribution is 5.80. The Labute approximate surface area is 166 Å². The van der Waals surface area contributed by atoms with Crippen LogP contribution in [0.25, 0.3) is 0 Å². The summed E-state index contributed by atoms with van der Waals surface area (Å²) in [4.78, 5) is 23.6. The van der Waals surface area contributed by atoms with Crippen molar-refractivity contribution in [2.75, 3.05) is 72.1 Å². The molecule has 3 rings (SSSR count). The van der Waals surface area contributed by atoms with Gasteiger partial charge in [-0.05, 0) is 12.1 Å². The van der Waals surface area contributed by atoms with Crippen molar-refractivity contribution in [3.63, 3.8) is 0 Å². The second kappa shape index (κ2) is 10.9. The predicted octanol–water partition coefficient (Wildman–Crippen LogP) is 0.430. The lowest BCUT2D eigenvalue weighted by Crippen LogP contribution is -2.55. The highest BCUT2D eigenvalue weighted by Crippen LogP contribution is 2.06. The van der Waals surface area contributed by atoms with Crippen molar-refractivity contribution in [2.45, 2.75) is 6.42 Å². The van der Waals surface area contributed by atoms with Crippen molar-refractivity contribution in [2.24, 2.45) is 4.99 Å². The van der Waals surface area contributed by atoms with Crippen molar-refractivity contribution in [1.29, 1.82) is 0 Å². The number of carbonyl (C=O) groups excluding carboxylic acids is 1. The molecule has 2 aliphatic rings. The summed E-state index contributed by atoms with van der Waals surface area (Å²) in [5.74, 6) is 2.04. The van der Waals surface area contributed by atoms with E-state index in [-0.39, 0.29) is 5.91 Å². The zero-order valence-electron chi connectivity index (χ0n) is 16.5. The van der Waals surface area contributed by atoms with E-state index in [1.807, 2.05) is 23.1 Å². The van der Waals surface area contributed by atoms with Gasteiger partial charge in [-0.2, -0.15) is 0 Å². The summed E-state index contributed by atoms with van der Waals surface area (Å²) in [6.45, 7) is 11.7. The molecule has 28 heavy (non-hydrogen) atoms. The number of guanidine groups is 1. The molecule has 0 saturated carbocycles. The fourth-order valence-electron chi connectivity index (χ4n) is 3.38. The first kappa shape index (κ1) is 20.4. The first-order chi connectivity index (χ1) is 13.8. The summed E-state index contributed by atoms with van der Waals surface area (Å²) in [5, 5.41) is 3.35. The van der Waals surface area contributed by atoms with Gasteiger partial charge in [0, 0.05) is 58.8 Å². The molecule has 8 nitrogen and oxygen atoms in total. The van der Waals surface area contributed by atoms with Gasteiger partial charge < -0.3 is 24.3 Å². The molecule has 8 heteroatoms. The molecule has 154 valence electrons. The number of hydrogen-bond donors (Lipinski definition) is 1. The van der Waals surface area contributed by atoms with Crippen molar-refractivity contribution < 1.29 is 13.9 Å². The maximum atomic E-state index is 12.4. The van der Waals surface area contributed by atoms with E-state index in [1.165, 1.54) is 0 Å². The summed E-state index contributed by atoms with van der Waals surface area (Å²) in [7, 11) is 0. The molecule has 2 fully saturated rings. The molecule has 2 saturated heterocycles. The number of rotatable bonds is 7. The highest BCUT2D eigenvalue weighted by Gasteiger charge is 2.24. The summed E-state index contributed by atoms with van der Waals surface area (Å²) in [6, 6.07) is 3.87. The Kier molecular flexibility index (Phi) is 7.93. The van der Waals surface area contributed by atoms with Gasteiger partial charge in [0.05, 0.1) is 26.0 Å². The SMILES string of the molecule is C=CCNC(=NCCc1ccco1)N1CCN(CC(=O)N2CCOCC2)CC1. The Balaban J connectivity index is 1.46. The van der Waals surface area contributed by atoms with Crippen LogP contribution in [0.4, 0.5) is 0 Å². The molecule has 1 amide bonds. The molecular weight excluding hydrogens is 358 g/mol. The van der Waals surface area contributed by atoms with Gasteiger partial charge in [0.1, 0.15) is 5.76 Å². The zero-order valence-corrected chi connectivity index (χ0v) is 16.5. The number of hydrogen-bond acceptors (Lipinski definition) is 5. The lowest BCUT2D eigenvalue weighted by atomic mass is 10.3. The van der Waals surface area contributed by atoms with E-state index in [0.717, 1.165) is 44.3 Å². The van der Waals surface area contributed by atoms with Crippen LogP contribution in [-0.2, 0) is 16.0 Å². The van der Waals surface area contributed by atoms with Crippen molar-refractivity contribution in [3.8, 4) is 0 Å². The second-order valence-corrected chi connectivity index (χ2v) is 6.96. The van der Waals surface area contributed by atoms with Gasteiger partial charge in [-0.15, -0.1) is 6.58 Å². The third-order valence-electron chi connectivity index (χ3n) is 5.00. The summed E-state index contributed by atoms with van der Waals surface area (Å²) < 4.78 is 10.7. The highest BCUT2D eigenvalue weighted by atomic mass is 16.5. The van der Waals surface area contributed by atoms with Gasteiger partial charge in [-0.25, -0.2) is 0 Å². The van der Waals surface area contributed by atoms with E-state index >= 15 is 0 Å². The Morgan fingerprint density at radius 3 is 2.64 bits per heavy atom. The number of furan rings is 1. The van der Waals surface area contributed by atoms with E-state index in [2.05, 4.69) is 21.7 Å². The Morgan fingerprint density at radius 2 is 1.96 bits per heavy atom. The maximum Gasteiger partial charge on any atom is 0.236 e. The molecule has 0 aliphatic carbocycles. The van der Waals surface area contributed by atoms with E-state index in [4.69, 9.17) is 14.1 Å². The van der Waals surface area contributed by atoms with Gasteiger partial charge in [0.25, 0.3) is 0 Å². The molecule has 0 atom stereocenters. The molecule has 3 heterocycles. The van der Waals surface area contributed by atoms with Crippen LogP contribution in [0.1, 0.15) is 5.76 Å². The van der Waals surface area contributed by atoms with Crippen LogP contribution < -0.4 is 5.32 Å². The number of ether oxygens (including phenoxy) is 1. The lowest BCUT2D eigenvalue weighted by molar-refractivity contribution is -0.136. The third-order valence-corrected chi connectivity index (χ3v) is 5.00. The second-order valence-electron chi connectivity index (χ2n) is 6.96. The van der Waals surface area contributed by atoms with E-state index < -0.39 is 0 Å². The third kappa shape index (κ3) is 6.10. The first-order valence-electron chi connectivity index (χ1n) is 10.0.